The van der Waals surface area contributed by atoms with Crippen LogP contribution >= 0.6 is 0 Å². The monoisotopic (exact) mass is 666 g/mol. The van der Waals surface area contributed by atoms with Crippen LogP contribution in [-0.4, -0.2) is 19.9 Å². The third-order valence-corrected chi connectivity index (χ3v) is 9.95. The molecule has 242 valence electrons. The Balaban J connectivity index is 1.05. The standard InChI is InChI=1S/C46H26N4O2/c1-2-10-27(11-3-1)44-48-45(50-46(49-44)36-16-9-18-38-40(36)35-14-6-7-17-37(35)51-38)31-23-21-28-24-30(22-20-29(28)25-31)33-15-8-19-39-41(33)42-43(52-39)34-13-5-4-12-32(34)26-47-42/h1-26H. The van der Waals surface area contributed by atoms with E-state index in [4.69, 9.17) is 28.8 Å². The summed E-state index contributed by atoms with van der Waals surface area (Å²) in [6.07, 6.45) is 1.93. The molecular formula is C46H26N4O2. The summed E-state index contributed by atoms with van der Waals surface area (Å²) >= 11 is 0. The normalized spacial score (nSPS) is 11.8. The first kappa shape index (κ1) is 28.6. The van der Waals surface area contributed by atoms with Gasteiger partial charge in [0.25, 0.3) is 0 Å². The fourth-order valence-corrected chi connectivity index (χ4v) is 7.48. The van der Waals surface area contributed by atoms with Gasteiger partial charge in [-0.3, -0.25) is 4.98 Å². The van der Waals surface area contributed by atoms with Crippen LogP contribution in [0.15, 0.2) is 167 Å². The predicted octanol–water partition coefficient (Wildman–Crippen LogP) is 12.0. The number of pyridine rings is 1. The first-order valence-corrected chi connectivity index (χ1v) is 17.2. The molecule has 0 saturated heterocycles. The van der Waals surface area contributed by atoms with Gasteiger partial charge in [0.05, 0.1) is 5.39 Å². The maximum Gasteiger partial charge on any atom is 0.164 e. The molecule has 0 radical (unpaired) electrons. The highest BCUT2D eigenvalue weighted by Crippen LogP contribution is 2.40. The highest BCUT2D eigenvalue weighted by atomic mass is 16.3. The Hall–Kier alpha value is -7.18. The topological polar surface area (TPSA) is 77.8 Å². The van der Waals surface area contributed by atoms with E-state index >= 15 is 0 Å². The van der Waals surface area contributed by atoms with Crippen LogP contribution in [0.5, 0.6) is 0 Å². The van der Waals surface area contributed by atoms with E-state index in [1.807, 2.05) is 91.1 Å². The van der Waals surface area contributed by atoms with Crippen LogP contribution in [0.3, 0.4) is 0 Å². The van der Waals surface area contributed by atoms with E-state index in [0.717, 1.165) is 93.4 Å². The molecule has 0 aliphatic heterocycles. The third-order valence-electron chi connectivity index (χ3n) is 9.95. The summed E-state index contributed by atoms with van der Waals surface area (Å²) in [7, 11) is 0. The summed E-state index contributed by atoms with van der Waals surface area (Å²) in [5.74, 6) is 1.81. The van der Waals surface area contributed by atoms with Gasteiger partial charge in [-0.1, -0.05) is 121 Å². The minimum absolute atomic E-state index is 0.596. The van der Waals surface area contributed by atoms with Crippen molar-refractivity contribution in [3.05, 3.63) is 158 Å². The van der Waals surface area contributed by atoms with Gasteiger partial charge >= 0.3 is 0 Å². The molecule has 0 bridgehead atoms. The first-order chi connectivity index (χ1) is 25.7. The van der Waals surface area contributed by atoms with Crippen LogP contribution in [0.25, 0.3) is 111 Å². The molecule has 4 aromatic heterocycles. The average molecular weight is 667 g/mol. The summed E-state index contributed by atoms with van der Waals surface area (Å²) in [6, 6.07) is 51.6. The Morgan fingerprint density at radius 3 is 1.87 bits per heavy atom. The van der Waals surface area contributed by atoms with E-state index in [9.17, 15) is 0 Å². The number of hydrogen-bond acceptors (Lipinski definition) is 6. The van der Waals surface area contributed by atoms with Crippen molar-refractivity contribution in [3.63, 3.8) is 0 Å². The molecule has 0 aliphatic rings. The summed E-state index contributed by atoms with van der Waals surface area (Å²) in [5, 5.41) is 7.35. The first-order valence-electron chi connectivity index (χ1n) is 17.2. The molecule has 52 heavy (non-hydrogen) atoms. The molecule has 7 aromatic carbocycles. The Labute approximate surface area is 296 Å². The van der Waals surface area contributed by atoms with Crippen LogP contribution in [0.2, 0.25) is 0 Å². The van der Waals surface area contributed by atoms with E-state index in [1.165, 1.54) is 0 Å². The lowest BCUT2D eigenvalue weighted by Gasteiger charge is -2.10. The number of rotatable bonds is 4. The number of para-hydroxylation sites is 1. The fourth-order valence-electron chi connectivity index (χ4n) is 7.48. The Kier molecular flexibility index (Phi) is 6.15. The zero-order chi connectivity index (χ0) is 34.2. The number of benzene rings is 7. The van der Waals surface area contributed by atoms with Gasteiger partial charge in [0.15, 0.2) is 23.1 Å². The maximum atomic E-state index is 6.42. The minimum atomic E-state index is 0.596. The lowest BCUT2D eigenvalue weighted by molar-refractivity contribution is 0.669. The van der Waals surface area contributed by atoms with E-state index in [-0.39, 0.29) is 0 Å². The SMILES string of the molecule is c1ccc(-c2nc(-c3ccc4cc(-c5cccc6oc7c8ccccc8cnc7c56)ccc4c3)nc(-c3cccc4oc5ccccc5c34)n2)cc1. The lowest BCUT2D eigenvalue weighted by Crippen LogP contribution is -2.00. The average Bonchev–Trinajstić information content (AvgIpc) is 3.80. The van der Waals surface area contributed by atoms with Crippen molar-refractivity contribution in [1.29, 1.82) is 0 Å². The van der Waals surface area contributed by atoms with Gasteiger partial charge in [0.1, 0.15) is 22.3 Å². The second kappa shape index (κ2) is 11.2. The lowest BCUT2D eigenvalue weighted by atomic mass is 9.97. The zero-order valence-electron chi connectivity index (χ0n) is 27.6. The van der Waals surface area contributed by atoms with Crippen molar-refractivity contribution in [2.24, 2.45) is 0 Å². The van der Waals surface area contributed by atoms with E-state index in [2.05, 4.69) is 66.7 Å². The van der Waals surface area contributed by atoms with Crippen molar-refractivity contribution in [2.75, 3.05) is 0 Å². The van der Waals surface area contributed by atoms with Crippen LogP contribution in [-0.2, 0) is 0 Å². The van der Waals surface area contributed by atoms with E-state index < -0.39 is 0 Å². The van der Waals surface area contributed by atoms with E-state index in [0.29, 0.717) is 17.5 Å². The molecule has 0 unspecified atom stereocenters. The Morgan fingerprint density at radius 1 is 0.385 bits per heavy atom. The van der Waals surface area contributed by atoms with Crippen LogP contribution in [0, 0.1) is 0 Å². The molecule has 11 aromatic rings. The molecule has 0 amide bonds. The molecule has 0 N–H and O–H groups in total. The van der Waals surface area contributed by atoms with E-state index in [1.54, 1.807) is 0 Å². The van der Waals surface area contributed by atoms with Crippen molar-refractivity contribution in [2.45, 2.75) is 0 Å². The number of fused-ring (bicyclic) bond motifs is 9. The summed E-state index contributed by atoms with van der Waals surface area (Å²) in [4.78, 5) is 20.0. The van der Waals surface area contributed by atoms with Gasteiger partial charge in [-0.25, -0.2) is 15.0 Å². The quantitative estimate of drug-likeness (QED) is 0.186. The second-order valence-corrected chi connectivity index (χ2v) is 13.0. The van der Waals surface area contributed by atoms with Gasteiger partial charge in [-0.2, -0.15) is 0 Å². The Morgan fingerprint density at radius 2 is 1.02 bits per heavy atom. The van der Waals surface area contributed by atoms with Gasteiger partial charge in [0, 0.05) is 44.4 Å². The molecule has 0 atom stereocenters. The zero-order valence-corrected chi connectivity index (χ0v) is 27.6. The molecule has 11 rings (SSSR count). The van der Waals surface area contributed by atoms with Crippen molar-refractivity contribution >= 4 is 65.6 Å². The second-order valence-electron chi connectivity index (χ2n) is 13.0. The van der Waals surface area contributed by atoms with Gasteiger partial charge < -0.3 is 8.83 Å². The molecule has 0 aliphatic carbocycles. The summed E-state index contributed by atoms with van der Waals surface area (Å²) < 4.78 is 12.6. The highest BCUT2D eigenvalue weighted by molar-refractivity contribution is 6.17. The fraction of sp³-hybridized carbons (Fsp3) is 0. The molecule has 0 saturated carbocycles. The summed E-state index contributed by atoms with van der Waals surface area (Å²) in [6.45, 7) is 0. The van der Waals surface area contributed by atoms with Gasteiger partial charge in [-0.15, -0.1) is 0 Å². The molecule has 0 spiro atoms. The maximum absolute atomic E-state index is 6.42. The van der Waals surface area contributed by atoms with Gasteiger partial charge in [0.2, 0.25) is 0 Å². The Bertz CT molecular complexity index is 3200. The molecule has 6 heteroatoms. The number of furan rings is 2. The van der Waals surface area contributed by atoms with Crippen LogP contribution in [0.4, 0.5) is 0 Å². The molecule has 6 nitrogen and oxygen atoms in total. The predicted molar refractivity (Wildman–Crippen MR) is 209 cm³/mol. The molecular weight excluding hydrogens is 641 g/mol. The largest absolute Gasteiger partial charge is 0.456 e. The molecule has 0 fully saturated rings. The third kappa shape index (κ3) is 4.44. The number of nitrogens with zero attached hydrogens (tertiary/aromatic N) is 4. The number of hydrogen-bond donors (Lipinski definition) is 0. The van der Waals surface area contributed by atoms with Crippen molar-refractivity contribution < 1.29 is 8.83 Å². The van der Waals surface area contributed by atoms with Crippen LogP contribution in [0.1, 0.15) is 0 Å². The minimum Gasteiger partial charge on any atom is -0.456 e. The van der Waals surface area contributed by atoms with Crippen LogP contribution < -0.4 is 0 Å². The summed E-state index contributed by atoms with van der Waals surface area (Å²) in [5.41, 5.74) is 9.05. The molecule has 4 heterocycles. The van der Waals surface area contributed by atoms with Crippen molar-refractivity contribution in [3.8, 4) is 45.3 Å². The van der Waals surface area contributed by atoms with Gasteiger partial charge in [-0.05, 0) is 52.2 Å². The smallest absolute Gasteiger partial charge is 0.164 e. The van der Waals surface area contributed by atoms with Crippen molar-refractivity contribution in [1.82, 2.24) is 19.9 Å². The number of aromatic nitrogens is 4. The highest BCUT2D eigenvalue weighted by Gasteiger charge is 2.19.